The van der Waals surface area contributed by atoms with Crippen molar-refractivity contribution in [2.45, 2.75) is 64.4 Å². The number of hydrogen-bond acceptors (Lipinski definition) is 12. The lowest BCUT2D eigenvalue weighted by Gasteiger charge is -2.32. The van der Waals surface area contributed by atoms with Gasteiger partial charge in [0.1, 0.15) is 41.2 Å². The van der Waals surface area contributed by atoms with Crippen LogP contribution in [0.4, 0.5) is 0 Å². The molecule has 0 radical (unpaired) electrons. The Labute approximate surface area is 279 Å². The summed E-state index contributed by atoms with van der Waals surface area (Å²) < 4.78 is 45.3. The molecule has 4 rings (SSSR count). The highest BCUT2D eigenvalue weighted by molar-refractivity contribution is 5.98. The van der Waals surface area contributed by atoms with Crippen LogP contribution >= 0.6 is 0 Å². The second-order valence-corrected chi connectivity index (χ2v) is 11.3. The van der Waals surface area contributed by atoms with E-state index in [0.29, 0.717) is 35.8 Å². The van der Waals surface area contributed by atoms with Gasteiger partial charge in [0.05, 0.1) is 27.2 Å². The van der Waals surface area contributed by atoms with E-state index in [2.05, 4.69) is 10.3 Å². The third-order valence-corrected chi connectivity index (χ3v) is 7.56. The van der Waals surface area contributed by atoms with Crippen LogP contribution in [0.5, 0.6) is 34.5 Å². The van der Waals surface area contributed by atoms with Crippen LogP contribution in [0.1, 0.15) is 50.5 Å². The number of nitrogens with zero attached hydrogens (tertiary/aromatic N) is 1. The summed E-state index contributed by atoms with van der Waals surface area (Å²) in [5.41, 5.74) is -0.155. The Morgan fingerprint density at radius 3 is 2.06 bits per heavy atom. The number of pyridine rings is 1. The van der Waals surface area contributed by atoms with Crippen LogP contribution in [0.3, 0.4) is 0 Å². The first-order valence-electron chi connectivity index (χ1n) is 15.6. The molecule has 0 spiro atoms. The Morgan fingerprint density at radius 2 is 1.48 bits per heavy atom. The number of cyclic esters (lactones) is 1. The molecule has 13 nitrogen and oxygen atoms in total. The van der Waals surface area contributed by atoms with E-state index in [-0.39, 0.29) is 29.5 Å². The van der Waals surface area contributed by atoms with Crippen molar-refractivity contribution in [1.82, 2.24) is 10.3 Å². The standard InChI is InChI=1S/C35H42N2O11/c1-21(2)34(39)45-20-44-32-28(43-6)18-19-36-30(32)33(38)37-27-8-7-9-29(47-25-14-10-23(41-4)11-15-25)31(22(3)46-35(27)40)48-26-16-12-24(42-5)13-17-26/h10-19,21-22,27,29,31H,7-9,20H2,1-6H3,(H,37,38)/t22-,27-,29-,31-/m0/s1. The second kappa shape index (κ2) is 17.1. The molecule has 2 aromatic carbocycles. The molecule has 0 bridgehead atoms. The zero-order valence-corrected chi connectivity index (χ0v) is 27.9. The van der Waals surface area contributed by atoms with Crippen LogP contribution in [-0.2, 0) is 19.1 Å². The maximum absolute atomic E-state index is 13.5. The molecule has 1 N–H and O–H groups in total. The van der Waals surface area contributed by atoms with Gasteiger partial charge < -0.3 is 43.2 Å². The van der Waals surface area contributed by atoms with Crippen molar-refractivity contribution in [2.75, 3.05) is 28.1 Å². The number of methoxy groups -OCH3 is 3. The minimum Gasteiger partial charge on any atom is -0.497 e. The summed E-state index contributed by atoms with van der Waals surface area (Å²) in [6, 6.07) is 14.7. The minimum atomic E-state index is -1.03. The van der Waals surface area contributed by atoms with Gasteiger partial charge in [-0.2, -0.15) is 0 Å². The van der Waals surface area contributed by atoms with Gasteiger partial charge in [-0.3, -0.25) is 9.59 Å². The van der Waals surface area contributed by atoms with Crippen molar-refractivity contribution in [1.29, 1.82) is 0 Å². The SMILES string of the molecule is COc1ccc(O[C@H]2[C@H](C)OC(=O)[C@@H](NC(=O)c3nccc(OC)c3OCOC(=O)C(C)C)CCC[C@@H]2Oc2ccc(OC)cc2)cc1. The van der Waals surface area contributed by atoms with Crippen LogP contribution in [0.15, 0.2) is 60.8 Å². The summed E-state index contributed by atoms with van der Waals surface area (Å²) in [5, 5.41) is 2.74. The summed E-state index contributed by atoms with van der Waals surface area (Å²) in [5.74, 6) is 0.412. The lowest BCUT2D eigenvalue weighted by atomic mass is 10.0. The van der Waals surface area contributed by atoms with Gasteiger partial charge in [-0.15, -0.1) is 0 Å². The monoisotopic (exact) mass is 666 g/mol. The summed E-state index contributed by atoms with van der Waals surface area (Å²) in [6.45, 7) is 4.62. The molecule has 1 fully saturated rings. The largest absolute Gasteiger partial charge is 0.497 e. The number of carbonyl (C=O) groups excluding carboxylic acids is 3. The van der Waals surface area contributed by atoms with Crippen molar-refractivity contribution in [3.63, 3.8) is 0 Å². The van der Waals surface area contributed by atoms with E-state index >= 15 is 0 Å². The van der Waals surface area contributed by atoms with Gasteiger partial charge >= 0.3 is 11.9 Å². The molecule has 0 unspecified atom stereocenters. The minimum absolute atomic E-state index is 0.0419. The Balaban J connectivity index is 1.54. The van der Waals surface area contributed by atoms with Gasteiger partial charge in [0, 0.05) is 12.3 Å². The van der Waals surface area contributed by atoms with E-state index < -0.39 is 49.0 Å². The normalized spacial score (nSPS) is 19.4. The Morgan fingerprint density at radius 1 is 0.875 bits per heavy atom. The van der Waals surface area contributed by atoms with Crippen LogP contribution in [-0.4, -0.2) is 75.3 Å². The highest BCUT2D eigenvalue weighted by Crippen LogP contribution is 2.31. The molecule has 1 saturated heterocycles. The highest BCUT2D eigenvalue weighted by atomic mass is 16.7. The number of amides is 1. The van der Waals surface area contributed by atoms with Crippen molar-refractivity contribution >= 4 is 17.8 Å². The van der Waals surface area contributed by atoms with Gasteiger partial charge in [-0.05, 0) is 74.7 Å². The quantitative estimate of drug-likeness (QED) is 0.198. The number of hydrogen-bond donors (Lipinski definition) is 1. The molecular formula is C35H42N2O11. The predicted molar refractivity (Wildman–Crippen MR) is 173 cm³/mol. The van der Waals surface area contributed by atoms with E-state index in [1.165, 1.54) is 19.4 Å². The van der Waals surface area contributed by atoms with Gasteiger partial charge in [0.15, 0.2) is 23.3 Å². The first kappa shape index (κ1) is 35.7. The number of carbonyl (C=O) groups is 3. The fraction of sp³-hybridized carbons (Fsp3) is 0.429. The molecule has 48 heavy (non-hydrogen) atoms. The fourth-order valence-electron chi connectivity index (χ4n) is 4.94. The number of rotatable bonds is 13. The molecule has 4 atom stereocenters. The third kappa shape index (κ3) is 9.43. The van der Waals surface area contributed by atoms with Gasteiger partial charge in [0.25, 0.3) is 5.91 Å². The number of benzene rings is 2. The molecule has 1 amide bonds. The summed E-state index contributed by atoms with van der Waals surface area (Å²) in [7, 11) is 4.56. The molecule has 1 aliphatic heterocycles. The van der Waals surface area contributed by atoms with Crippen molar-refractivity contribution < 1.29 is 52.3 Å². The number of aromatic nitrogens is 1. The third-order valence-electron chi connectivity index (χ3n) is 7.56. The van der Waals surface area contributed by atoms with Crippen molar-refractivity contribution in [3.8, 4) is 34.5 Å². The molecule has 0 aliphatic carbocycles. The average Bonchev–Trinajstić information content (AvgIpc) is 3.14. The van der Waals surface area contributed by atoms with Crippen molar-refractivity contribution in [2.24, 2.45) is 5.92 Å². The Bertz CT molecular complexity index is 1510. The molecule has 3 aromatic rings. The molecule has 2 heterocycles. The zero-order chi connectivity index (χ0) is 34.6. The average molecular weight is 667 g/mol. The number of nitrogens with one attached hydrogen (secondary N) is 1. The number of ether oxygens (including phenoxy) is 8. The van der Waals surface area contributed by atoms with Gasteiger partial charge in [-0.1, -0.05) is 13.8 Å². The molecule has 0 saturated carbocycles. The van der Waals surface area contributed by atoms with E-state index in [9.17, 15) is 14.4 Å². The topological polar surface area (TPSA) is 150 Å². The second-order valence-electron chi connectivity index (χ2n) is 11.3. The lowest BCUT2D eigenvalue weighted by molar-refractivity contribution is -0.157. The predicted octanol–water partition coefficient (Wildman–Crippen LogP) is 4.75. The number of esters is 2. The maximum atomic E-state index is 13.5. The van der Waals surface area contributed by atoms with E-state index in [1.54, 1.807) is 83.5 Å². The van der Waals surface area contributed by atoms with Crippen LogP contribution in [0.2, 0.25) is 0 Å². The van der Waals surface area contributed by atoms with Crippen LogP contribution in [0, 0.1) is 5.92 Å². The lowest BCUT2D eigenvalue weighted by Crippen LogP contribution is -2.47. The Kier molecular flexibility index (Phi) is 12.7. The maximum Gasteiger partial charge on any atom is 0.329 e. The summed E-state index contributed by atoms with van der Waals surface area (Å²) in [4.78, 5) is 43.2. The van der Waals surface area contributed by atoms with Gasteiger partial charge in [-0.25, -0.2) is 9.78 Å². The van der Waals surface area contributed by atoms with Crippen LogP contribution < -0.4 is 33.7 Å². The molecule has 258 valence electrons. The zero-order valence-electron chi connectivity index (χ0n) is 27.9. The molecule has 1 aromatic heterocycles. The summed E-state index contributed by atoms with van der Waals surface area (Å²) >= 11 is 0. The first-order valence-corrected chi connectivity index (χ1v) is 15.6. The summed E-state index contributed by atoms with van der Waals surface area (Å²) in [6.07, 6.45) is 0.500. The van der Waals surface area contributed by atoms with Crippen LogP contribution in [0.25, 0.3) is 0 Å². The van der Waals surface area contributed by atoms with E-state index in [1.807, 2.05) is 0 Å². The first-order chi connectivity index (χ1) is 23.1. The highest BCUT2D eigenvalue weighted by Gasteiger charge is 2.37. The smallest absolute Gasteiger partial charge is 0.329 e. The molecule has 1 aliphatic rings. The van der Waals surface area contributed by atoms with E-state index in [4.69, 9.17) is 37.9 Å². The molecule has 13 heteroatoms. The van der Waals surface area contributed by atoms with Crippen molar-refractivity contribution in [3.05, 3.63) is 66.5 Å². The molecular weight excluding hydrogens is 624 g/mol. The Hall–Kier alpha value is -5.20. The fourth-order valence-corrected chi connectivity index (χ4v) is 4.94. The van der Waals surface area contributed by atoms with E-state index in [0.717, 1.165) is 0 Å². The van der Waals surface area contributed by atoms with Gasteiger partial charge in [0.2, 0.25) is 6.79 Å².